The van der Waals surface area contributed by atoms with Crippen LogP contribution in [0.2, 0.25) is 0 Å². The number of aromatic nitrogens is 2. The van der Waals surface area contributed by atoms with E-state index in [2.05, 4.69) is 22.5 Å². The van der Waals surface area contributed by atoms with Crippen LogP contribution >= 0.6 is 0 Å². The number of rotatable bonds is 7. The molecule has 1 aliphatic rings. The van der Waals surface area contributed by atoms with E-state index in [0.29, 0.717) is 0 Å². The summed E-state index contributed by atoms with van der Waals surface area (Å²) in [6.07, 6.45) is 0.756. The number of nitrogens with zero attached hydrogens (tertiary/aromatic N) is 3. The summed E-state index contributed by atoms with van der Waals surface area (Å²) >= 11 is 0. The molecule has 3 aromatic rings. The van der Waals surface area contributed by atoms with Gasteiger partial charge in [-0.1, -0.05) is 48.5 Å². The second-order valence-electron chi connectivity index (χ2n) is 8.12. The Hall–Kier alpha value is -4.14. The number of fused-ring (bicyclic) bond motifs is 3. The van der Waals surface area contributed by atoms with Gasteiger partial charge in [-0.15, -0.1) is 0 Å². The number of carbonyl (C=O) groups is 3. The lowest BCUT2D eigenvalue weighted by Gasteiger charge is -2.24. The molecule has 176 valence electrons. The normalized spacial score (nSPS) is 13.0. The Morgan fingerprint density at radius 2 is 1.71 bits per heavy atom. The number of anilines is 1. The molecule has 9 nitrogen and oxygen atoms in total. The van der Waals surface area contributed by atoms with Crippen LogP contribution in [0.4, 0.5) is 10.5 Å². The Morgan fingerprint density at radius 1 is 1.12 bits per heavy atom. The van der Waals surface area contributed by atoms with E-state index in [0.717, 1.165) is 22.3 Å². The highest BCUT2D eigenvalue weighted by molar-refractivity contribution is 6.02. The fourth-order valence-corrected chi connectivity index (χ4v) is 4.35. The topological polar surface area (TPSA) is 114 Å². The van der Waals surface area contributed by atoms with Crippen LogP contribution in [0.15, 0.2) is 54.7 Å². The second kappa shape index (κ2) is 9.38. The number of carboxylic acids is 1. The molecule has 2 aromatic carbocycles. The summed E-state index contributed by atoms with van der Waals surface area (Å²) in [5.41, 5.74) is 4.54. The Labute approximate surface area is 196 Å². The first-order valence-corrected chi connectivity index (χ1v) is 11.0. The number of aryl methyl sites for hydroxylation is 1. The third kappa shape index (κ3) is 4.24. The van der Waals surface area contributed by atoms with Gasteiger partial charge in [-0.25, -0.2) is 9.59 Å². The minimum absolute atomic E-state index is 0.0500. The number of benzene rings is 2. The van der Waals surface area contributed by atoms with E-state index in [4.69, 9.17) is 4.74 Å². The molecule has 0 fully saturated rings. The summed E-state index contributed by atoms with van der Waals surface area (Å²) in [4.78, 5) is 38.2. The van der Waals surface area contributed by atoms with E-state index in [1.54, 1.807) is 14.0 Å². The maximum Gasteiger partial charge on any atom is 0.411 e. The molecule has 0 saturated heterocycles. The van der Waals surface area contributed by atoms with Crippen molar-refractivity contribution in [3.05, 3.63) is 71.5 Å². The third-order valence-electron chi connectivity index (χ3n) is 6.04. The average Bonchev–Trinajstić information content (AvgIpc) is 3.35. The molecule has 1 aliphatic carbocycles. The number of carbonyl (C=O) groups excluding carboxylic acids is 2. The summed E-state index contributed by atoms with van der Waals surface area (Å²) in [5, 5.41) is 16.0. The summed E-state index contributed by atoms with van der Waals surface area (Å²) < 4.78 is 6.93. The number of aliphatic carboxylic acids is 1. The van der Waals surface area contributed by atoms with Crippen molar-refractivity contribution in [3.63, 3.8) is 0 Å². The van der Waals surface area contributed by atoms with Gasteiger partial charge < -0.3 is 14.7 Å². The summed E-state index contributed by atoms with van der Waals surface area (Å²) in [6.45, 7) is 3.40. The number of carboxylic acid groups (broad SMARTS) is 1. The lowest BCUT2D eigenvalue weighted by atomic mass is 9.98. The molecule has 1 unspecified atom stereocenters. The molecule has 0 bridgehead atoms. The molecule has 2 amide bonds. The Kier molecular flexibility index (Phi) is 6.36. The van der Waals surface area contributed by atoms with Gasteiger partial charge in [0.1, 0.15) is 12.6 Å². The third-order valence-corrected chi connectivity index (χ3v) is 6.04. The van der Waals surface area contributed by atoms with Gasteiger partial charge in [0.15, 0.2) is 5.69 Å². The maximum absolute atomic E-state index is 13.0. The predicted octanol–water partition coefficient (Wildman–Crippen LogP) is 3.72. The van der Waals surface area contributed by atoms with Crippen molar-refractivity contribution in [2.45, 2.75) is 25.8 Å². The molecule has 1 heterocycles. The highest BCUT2D eigenvalue weighted by atomic mass is 16.5. The monoisotopic (exact) mass is 462 g/mol. The minimum Gasteiger partial charge on any atom is -0.480 e. The van der Waals surface area contributed by atoms with Gasteiger partial charge in [-0.2, -0.15) is 5.10 Å². The van der Waals surface area contributed by atoms with Crippen molar-refractivity contribution in [2.24, 2.45) is 7.05 Å². The van der Waals surface area contributed by atoms with Gasteiger partial charge in [-0.3, -0.25) is 14.8 Å². The van der Waals surface area contributed by atoms with Gasteiger partial charge >= 0.3 is 12.1 Å². The summed E-state index contributed by atoms with van der Waals surface area (Å²) in [7, 11) is 1.61. The van der Waals surface area contributed by atoms with Crippen molar-refractivity contribution in [1.82, 2.24) is 14.7 Å². The Morgan fingerprint density at radius 3 is 2.26 bits per heavy atom. The first-order valence-electron chi connectivity index (χ1n) is 11.0. The van der Waals surface area contributed by atoms with Crippen LogP contribution in [0.3, 0.4) is 0 Å². The van der Waals surface area contributed by atoms with Crippen LogP contribution < -0.4 is 5.32 Å². The van der Waals surface area contributed by atoms with Gasteiger partial charge in [0, 0.05) is 25.7 Å². The Bertz CT molecular complexity index is 1210. The van der Waals surface area contributed by atoms with Crippen LogP contribution in [0, 0.1) is 0 Å². The van der Waals surface area contributed by atoms with Crippen LogP contribution in [0.25, 0.3) is 11.1 Å². The molecule has 34 heavy (non-hydrogen) atoms. The standard InChI is InChI=1S/C25H26N4O5/c1-4-29(15(2)24(31)32)23(30)22-21(13-28(3)27-22)26-25(33)34-14-20-18-11-7-5-9-16(18)17-10-6-8-12-19(17)20/h5-13,15,20H,4,14H2,1-3H3,(H,26,33)(H,31,32). The molecule has 9 heteroatoms. The lowest BCUT2D eigenvalue weighted by Crippen LogP contribution is -2.43. The summed E-state index contributed by atoms with van der Waals surface area (Å²) in [6, 6.07) is 15.0. The van der Waals surface area contributed by atoms with Crippen molar-refractivity contribution in [1.29, 1.82) is 0 Å². The number of ether oxygens (including phenoxy) is 1. The predicted molar refractivity (Wildman–Crippen MR) is 126 cm³/mol. The Balaban J connectivity index is 1.49. The fraction of sp³-hybridized carbons (Fsp3) is 0.280. The largest absolute Gasteiger partial charge is 0.480 e. The van der Waals surface area contributed by atoms with Gasteiger partial charge in [0.2, 0.25) is 0 Å². The molecule has 2 N–H and O–H groups in total. The average molecular weight is 463 g/mol. The molecule has 0 aliphatic heterocycles. The van der Waals surface area contributed by atoms with Crippen LogP contribution in [0.1, 0.15) is 41.4 Å². The van der Waals surface area contributed by atoms with Gasteiger partial charge in [0.05, 0.1) is 5.69 Å². The number of hydrogen-bond donors (Lipinski definition) is 2. The van der Waals surface area contributed by atoms with Crippen LogP contribution in [-0.4, -0.2) is 57.0 Å². The summed E-state index contributed by atoms with van der Waals surface area (Å²) in [5.74, 6) is -1.82. The number of likely N-dealkylation sites (N-methyl/N-ethyl adjacent to an activating group) is 1. The van der Waals surface area contributed by atoms with Gasteiger partial charge in [0.25, 0.3) is 5.91 Å². The van der Waals surface area contributed by atoms with E-state index >= 15 is 0 Å². The maximum atomic E-state index is 13.0. The molecule has 1 aromatic heterocycles. The smallest absolute Gasteiger partial charge is 0.411 e. The molecule has 0 saturated carbocycles. The molecule has 4 rings (SSSR count). The van der Waals surface area contributed by atoms with Gasteiger partial charge in [-0.05, 0) is 36.1 Å². The van der Waals surface area contributed by atoms with E-state index in [-0.39, 0.29) is 30.5 Å². The van der Waals surface area contributed by atoms with Crippen molar-refractivity contribution >= 4 is 23.7 Å². The van der Waals surface area contributed by atoms with E-state index in [1.165, 1.54) is 22.7 Å². The molecular weight excluding hydrogens is 436 g/mol. The highest BCUT2D eigenvalue weighted by Gasteiger charge is 2.31. The molecule has 0 radical (unpaired) electrons. The zero-order valence-electron chi connectivity index (χ0n) is 19.2. The van der Waals surface area contributed by atoms with Crippen LogP contribution in [0.5, 0.6) is 0 Å². The van der Waals surface area contributed by atoms with Crippen molar-refractivity contribution in [3.8, 4) is 11.1 Å². The van der Waals surface area contributed by atoms with Crippen molar-refractivity contribution < 1.29 is 24.2 Å². The molecule has 1 atom stereocenters. The number of amides is 2. The van der Waals surface area contributed by atoms with E-state index < -0.39 is 24.0 Å². The first-order chi connectivity index (χ1) is 16.3. The SMILES string of the molecule is CCN(C(=O)c1nn(C)cc1NC(=O)OCC1c2ccccc2-c2ccccc21)C(C)C(=O)O. The zero-order chi connectivity index (χ0) is 24.4. The van der Waals surface area contributed by atoms with Crippen LogP contribution in [-0.2, 0) is 16.6 Å². The molecular formula is C25H26N4O5. The lowest BCUT2D eigenvalue weighted by molar-refractivity contribution is -0.141. The number of hydrogen-bond acceptors (Lipinski definition) is 5. The quantitative estimate of drug-likeness (QED) is 0.553. The second-order valence-corrected chi connectivity index (χ2v) is 8.12. The first kappa shape index (κ1) is 23.0. The molecule has 0 spiro atoms. The minimum atomic E-state index is -1.13. The zero-order valence-corrected chi connectivity index (χ0v) is 19.2. The highest BCUT2D eigenvalue weighted by Crippen LogP contribution is 2.44. The fourth-order valence-electron chi connectivity index (χ4n) is 4.35. The number of nitrogens with one attached hydrogen (secondary N) is 1. The van der Waals surface area contributed by atoms with Crippen molar-refractivity contribution in [2.75, 3.05) is 18.5 Å². The van der Waals surface area contributed by atoms with E-state index in [9.17, 15) is 19.5 Å². The van der Waals surface area contributed by atoms with E-state index in [1.807, 2.05) is 36.4 Å².